The second kappa shape index (κ2) is 8.11. The van der Waals surface area contributed by atoms with Gasteiger partial charge in [-0.2, -0.15) is 0 Å². The maximum Gasteiger partial charge on any atom is 0.303 e. The third-order valence-electron chi connectivity index (χ3n) is 4.79. The Morgan fingerprint density at radius 2 is 1.96 bits per heavy atom. The van der Waals surface area contributed by atoms with Crippen molar-refractivity contribution in [2.24, 2.45) is 0 Å². The molecule has 1 atom stereocenters. The Kier molecular flexibility index (Phi) is 5.87. The Hall–Kier alpha value is -1.71. The van der Waals surface area contributed by atoms with Crippen molar-refractivity contribution in [2.45, 2.75) is 31.6 Å². The Balaban J connectivity index is 1.75. The number of nitrogens with zero attached hydrogens (tertiary/aromatic N) is 1. The summed E-state index contributed by atoms with van der Waals surface area (Å²) in [7, 11) is 0. The number of aliphatic carboxylic acids is 1. The van der Waals surface area contributed by atoms with Gasteiger partial charge < -0.3 is 10.0 Å². The van der Waals surface area contributed by atoms with E-state index < -0.39 is 5.97 Å². The van der Waals surface area contributed by atoms with Gasteiger partial charge in [-0.1, -0.05) is 47.5 Å². The van der Waals surface area contributed by atoms with E-state index >= 15 is 0 Å². The lowest BCUT2D eigenvalue weighted by atomic mass is 9.91. The van der Waals surface area contributed by atoms with E-state index in [-0.39, 0.29) is 12.3 Å². The van der Waals surface area contributed by atoms with Crippen molar-refractivity contribution in [3.8, 4) is 0 Å². The van der Waals surface area contributed by atoms with Crippen molar-refractivity contribution in [3.63, 3.8) is 0 Å². The quantitative estimate of drug-likeness (QED) is 0.732. The zero-order chi connectivity index (χ0) is 17.8. The highest BCUT2D eigenvalue weighted by Crippen LogP contribution is 2.32. The molecule has 1 aliphatic rings. The van der Waals surface area contributed by atoms with Crippen LogP contribution in [-0.4, -0.2) is 24.2 Å². The number of benzene rings is 2. The van der Waals surface area contributed by atoms with Crippen LogP contribution in [0, 0.1) is 0 Å². The van der Waals surface area contributed by atoms with Crippen LogP contribution in [0.4, 0.5) is 5.69 Å². The predicted molar refractivity (Wildman–Crippen MR) is 103 cm³/mol. The van der Waals surface area contributed by atoms with Crippen LogP contribution < -0.4 is 4.90 Å². The number of rotatable bonds is 6. The summed E-state index contributed by atoms with van der Waals surface area (Å²) in [5, 5.41) is 10.3. The van der Waals surface area contributed by atoms with Crippen LogP contribution in [0.1, 0.15) is 36.3 Å². The molecule has 0 aliphatic carbocycles. The highest BCUT2D eigenvalue weighted by molar-refractivity contribution is 6.42. The van der Waals surface area contributed by atoms with Gasteiger partial charge in [0.25, 0.3) is 0 Å². The number of carboxylic acid groups (broad SMARTS) is 1. The first kappa shape index (κ1) is 18.1. The second-order valence-corrected chi connectivity index (χ2v) is 7.29. The van der Waals surface area contributed by atoms with Gasteiger partial charge in [0.05, 0.1) is 16.5 Å². The normalized spacial score (nSPS) is 14.9. The smallest absolute Gasteiger partial charge is 0.303 e. The van der Waals surface area contributed by atoms with E-state index in [9.17, 15) is 9.90 Å². The Morgan fingerprint density at radius 1 is 1.16 bits per heavy atom. The first-order chi connectivity index (χ1) is 12.0. The lowest BCUT2D eigenvalue weighted by Gasteiger charge is -2.32. The molecule has 2 aromatic carbocycles. The molecule has 0 radical (unpaired) electrons. The number of fused-ring (bicyclic) bond motifs is 1. The fraction of sp³-hybridized carbons (Fsp3) is 0.350. The van der Waals surface area contributed by atoms with Gasteiger partial charge >= 0.3 is 5.97 Å². The summed E-state index contributed by atoms with van der Waals surface area (Å²) in [5.41, 5.74) is 3.58. The third kappa shape index (κ3) is 4.47. The highest BCUT2D eigenvalue weighted by atomic mass is 35.5. The van der Waals surface area contributed by atoms with Crippen LogP contribution in [-0.2, 0) is 11.2 Å². The van der Waals surface area contributed by atoms with Crippen LogP contribution >= 0.6 is 23.2 Å². The minimum atomic E-state index is -0.796. The number of hydrogen-bond donors (Lipinski definition) is 1. The SMILES string of the molecule is O=C(O)CC(CCN1CCCc2ccccc21)c1ccc(Cl)c(Cl)c1. The number of hydrogen-bond acceptors (Lipinski definition) is 2. The van der Waals surface area contributed by atoms with Gasteiger partial charge in [0.2, 0.25) is 0 Å². The predicted octanol–water partition coefficient (Wildman–Crippen LogP) is 5.39. The van der Waals surface area contributed by atoms with Crippen LogP contribution in [0.2, 0.25) is 10.0 Å². The number of carboxylic acids is 1. The molecule has 3 nitrogen and oxygen atoms in total. The van der Waals surface area contributed by atoms with Crippen LogP contribution in [0.25, 0.3) is 0 Å². The van der Waals surface area contributed by atoms with E-state index in [4.69, 9.17) is 23.2 Å². The molecule has 1 N–H and O–H groups in total. The fourth-order valence-electron chi connectivity index (χ4n) is 3.52. The second-order valence-electron chi connectivity index (χ2n) is 6.48. The minimum absolute atomic E-state index is 0.0821. The zero-order valence-corrected chi connectivity index (χ0v) is 15.4. The molecule has 2 aromatic rings. The summed E-state index contributed by atoms with van der Waals surface area (Å²) in [6.45, 7) is 1.84. The molecule has 0 aromatic heterocycles. The van der Waals surface area contributed by atoms with Gasteiger partial charge in [0, 0.05) is 18.8 Å². The molecule has 0 bridgehead atoms. The molecule has 0 amide bonds. The van der Waals surface area contributed by atoms with Gasteiger partial charge in [0.15, 0.2) is 0 Å². The number of halogens is 2. The van der Waals surface area contributed by atoms with Gasteiger partial charge in [-0.05, 0) is 54.5 Å². The van der Waals surface area contributed by atoms with Gasteiger partial charge in [-0.25, -0.2) is 0 Å². The molecule has 132 valence electrons. The summed E-state index contributed by atoms with van der Waals surface area (Å²) < 4.78 is 0. The molecule has 0 saturated heterocycles. The first-order valence-electron chi connectivity index (χ1n) is 8.54. The summed E-state index contributed by atoms with van der Waals surface area (Å²) in [4.78, 5) is 13.7. The van der Waals surface area contributed by atoms with E-state index in [1.807, 2.05) is 6.07 Å². The number of para-hydroxylation sites is 1. The molecule has 1 unspecified atom stereocenters. The van der Waals surface area contributed by atoms with Crippen molar-refractivity contribution in [1.29, 1.82) is 0 Å². The Labute approximate surface area is 158 Å². The molecule has 25 heavy (non-hydrogen) atoms. The molecule has 0 saturated carbocycles. The summed E-state index contributed by atoms with van der Waals surface area (Å²) in [5.74, 6) is -0.878. The number of aryl methyl sites for hydroxylation is 1. The van der Waals surface area contributed by atoms with Gasteiger partial charge in [0.1, 0.15) is 0 Å². The van der Waals surface area contributed by atoms with Gasteiger partial charge in [-0.3, -0.25) is 4.79 Å². The van der Waals surface area contributed by atoms with E-state index in [0.717, 1.165) is 37.9 Å². The lowest BCUT2D eigenvalue weighted by molar-refractivity contribution is -0.137. The maximum atomic E-state index is 11.3. The minimum Gasteiger partial charge on any atom is -0.481 e. The third-order valence-corrected chi connectivity index (χ3v) is 5.53. The van der Waals surface area contributed by atoms with E-state index in [0.29, 0.717) is 10.0 Å². The Morgan fingerprint density at radius 3 is 2.72 bits per heavy atom. The largest absolute Gasteiger partial charge is 0.481 e. The van der Waals surface area contributed by atoms with Crippen LogP contribution in [0.3, 0.4) is 0 Å². The molecular formula is C20H21Cl2NO2. The maximum absolute atomic E-state index is 11.3. The van der Waals surface area contributed by atoms with Crippen molar-refractivity contribution < 1.29 is 9.90 Å². The fourth-order valence-corrected chi connectivity index (χ4v) is 3.83. The van der Waals surface area contributed by atoms with Crippen molar-refractivity contribution in [2.75, 3.05) is 18.0 Å². The van der Waals surface area contributed by atoms with E-state index in [1.165, 1.54) is 11.3 Å². The topological polar surface area (TPSA) is 40.5 Å². The molecule has 1 aliphatic heterocycles. The van der Waals surface area contributed by atoms with Crippen LogP contribution in [0.15, 0.2) is 42.5 Å². The lowest BCUT2D eigenvalue weighted by Crippen LogP contribution is -2.31. The first-order valence-corrected chi connectivity index (χ1v) is 9.30. The van der Waals surface area contributed by atoms with E-state index in [2.05, 4.69) is 29.2 Å². The number of anilines is 1. The monoisotopic (exact) mass is 377 g/mol. The summed E-state index contributed by atoms with van der Waals surface area (Å²) >= 11 is 12.1. The average molecular weight is 378 g/mol. The average Bonchev–Trinajstić information content (AvgIpc) is 2.60. The van der Waals surface area contributed by atoms with Crippen molar-refractivity contribution in [1.82, 2.24) is 0 Å². The summed E-state index contributed by atoms with van der Waals surface area (Å²) in [6, 6.07) is 13.9. The molecule has 3 rings (SSSR count). The van der Waals surface area contributed by atoms with Crippen molar-refractivity contribution >= 4 is 34.9 Å². The standard InChI is InChI=1S/C20H21Cl2NO2/c21-17-8-7-15(12-18(17)22)16(13-20(24)25)9-11-23-10-3-5-14-4-1-2-6-19(14)23/h1-2,4,6-8,12,16H,3,5,9-11,13H2,(H,24,25). The number of carbonyl (C=O) groups is 1. The van der Waals surface area contributed by atoms with Crippen LogP contribution in [0.5, 0.6) is 0 Å². The Bertz CT molecular complexity index is 763. The summed E-state index contributed by atoms with van der Waals surface area (Å²) in [6.07, 6.45) is 3.09. The molecule has 5 heteroatoms. The molecular weight excluding hydrogens is 357 g/mol. The highest BCUT2D eigenvalue weighted by Gasteiger charge is 2.21. The zero-order valence-electron chi connectivity index (χ0n) is 13.9. The van der Waals surface area contributed by atoms with Gasteiger partial charge in [-0.15, -0.1) is 0 Å². The molecule has 0 spiro atoms. The van der Waals surface area contributed by atoms with E-state index in [1.54, 1.807) is 12.1 Å². The molecule has 0 fully saturated rings. The molecule has 1 heterocycles. The van der Waals surface area contributed by atoms with Crippen molar-refractivity contribution in [3.05, 3.63) is 63.6 Å².